The van der Waals surface area contributed by atoms with E-state index < -0.39 is 15.8 Å². The Hall–Kier alpha value is -1.56. The number of para-hydroxylation sites is 1. The van der Waals surface area contributed by atoms with Gasteiger partial charge < -0.3 is 9.64 Å². The normalized spacial score (nSPS) is 11.1. The number of hydrogen-bond acceptors (Lipinski definition) is 5. The van der Waals surface area contributed by atoms with Gasteiger partial charge in [-0.05, 0) is 19.1 Å². The van der Waals surface area contributed by atoms with Gasteiger partial charge in [-0.25, -0.2) is 8.42 Å². The van der Waals surface area contributed by atoms with E-state index in [1.807, 2.05) is 6.92 Å². The molecule has 0 aromatic heterocycles. The third kappa shape index (κ3) is 3.46. The largest absolute Gasteiger partial charge is 0.468 e. The lowest BCUT2D eigenvalue weighted by molar-refractivity contribution is -0.138. The molecule has 0 saturated carbocycles. The fraction of sp³-hybridized carbons (Fsp3) is 0.417. The summed E-state index contributed by atoms with van der Waals surface area (Å²) in [7, 11) is -2.02. The number of rotatable bonds is 5. The lowest BCUT2D eigenvalue weighted by atomic mass is 10.3. The van der Waals surface area contributed by atoms with Crippen LogP contribution in [0.1, 0.15) is 6.92 Å². The zero-order chi connectivity index (χ0) is 13.8. The molecule has 0 heterocycles. The van der Waals surface area contributed by atoms with Gasteiger partial charge >= 0.3 is 5.97 Å². The van der Waals surface area contributed by atoms with Crippen LogP contribution in [-0.4, -0.2) is 40.8 Å². The first-order valence-corrected chi connectivity index (χ1v) is 7.40. The van der Waals surface area contributed by atoms with Crippen LogP contribution in [0.2, 0.25) is 0 Å². The molecule has 6 heteroatoms. The Kier molecular flexibility index (Phi) is 4.72. The van der Waals surface area contributed by atoms with Crippen LogP contribution < -0.4 is 4.90 Å². The molecule has 0 saturated heterocycles. The average Bonchev–Trinajstić information content (AvgIpc) is 2.34. The van der Waals surface area contributed by atoms with Crippen molar-refractivity contribution in [2.45, 2.75) is 11.8 Å². The highest BCUT2D eigenvalue weighted by atomic mass is 32.2. The summed E-state index contributed by atoms with van der Waals surface area (Å²) in [6, 6.07) is 6.61. The van der Waals surface area contributed by atoms with Gasteiger partial charge in [-0.15, -0.1) is 0 Å². The van der Waals surface area contributed by atoms with Gasteiger partial charge in [-0.2, -0.15) is 0 Å². The van der Waals surface area contributed by atoms with Gasteiger partial charge in [0.15, 0.2) is 9.84 Å². The maximum atomic E-state index is 11.7. The Morgan fingerprint density at radius 2 is 1.94 bits per heavy atom. The summed E-state index contributed by atoms with van der Waals surface area (Å²) in [5.41, 5.74) is 0.521. The van der Waals surface area contributed by atoms with E-state index in [1.165, 1.54) is 13.2 Å². The van der Waals surface area contributed by atoms with Gasteiger partial charge in [0.2, 0.25) is 0 Å². The van der Waals surface area contributed by atoms with E-state index in [2.05, 4.69) is 4.74 Å². The zero-order valence-electron chi connectivity index (χ0n) is 10.7. The van der Waals surface area contributed by atoms with Crippen LogP contribution in [0, 0.1) is 0 Å². The molecule has 18 heavy (non-hydrogen) atoms. The maximum absolute atomic E-state index is 11.7. The molecule has 1 aromatic rings. The minimum absolute atomic E-state index is 0.0273. The van der Waals surface area contributed by atoms with Gasteiger partial charge in [0.25, 0.3) is 0 Å². The van der Waals surface area contributed by atoms with Crippen LogP contribution >= 0.6 is 0 Å². The fourth-order valence-electron chi connectivity index (χ4n) is 1.62. The molecular weight excluding hydrogens is 254 g/mol. The average molecular weight is 271 g/mol. The zero-order valence-corrected chi connectivity index (χ0v) is 11.5. The van der Waals surface area contributed by atoms with Gasteiger partial charge in [-0.3, -0.25) is 4.79 Å². The van der Waals surface area contributed by atoms with Crippen molar-refractivity contribution in [2.75, 3.05) is 31.4 Å². The quantitative estimate of drug-likeness (QED) is 0.750. The van der Waals surface area contributed by atoms with Crippen molar-refractivity contribution < 1.29 is 17.9 Å². The highest BCUT2D eigenvalue weighted by Gasteiger charge is 2.18. The Labute approximate surface area is 107 Å². The van der Waals surface area contributed by atoms with E-state index >= 15 is 0 Å². The topological polar surface area (TPSA) is 63.7 Å². The number of ether oxygens (including phenoxy) is 1. The van der Waals surface area contributed by atoms with E-state index in [9.17, 15) is 13.2 Å². The molecular formula is C12H17NO4S. The molecule has 0 aliphatic rings. The van der Waals surface area contributed by atoms with Crippen molar-refractivity contribution in [3.63, 3.8) is 0 Å². The van der Waals surface area contributed by atoms with Gasteiger partial charge in [0.05, 0.1) is 17.7 Å². The van der Waals surface area contributed by atoms with Crippen molar-refractivity contribution in [1.29, 1.82) is 0 Å². The van der Waals surface area contributed by atoms with Crippen LogP contribution in [0.5, 0.6) is 0 Å². The predicted octanol–water partition coefficient (Wildman–Crippen LogP) is 1.09. The second-order valence-electron chi connectivity index (χ2n) is 3.83. The number of esters is 1. The molecule has 0 N–H and O–H groups in total. The van der Waals surface area contributed by atoms with Crippen molar-refractivity contribution in [2.24, 2.45) is 0 Å². The lowest BCUT2D eigenvalue weighted by Crippen LogP contribution is -2.31. The molecule has 0 spiro atoms. The Morgan fingerprint density at radius 1 is 1.33 bits per heavy atom. The highest BCUT2D eigenvalue weighted by molar-refractivity contribution is 7.90. The molecule has 0 atom stereocenters. The number of anilines is 1. The van der Waals surface area contributed by atoms with Crippen molar-refractivity contribution in [1.82, 2.24) is 0 Å². The smallest absolute Gasteiger partial charge is 0.325 e. The number of nitrogens with zero attached hydrogens (tertiary/aromatic N) is 1. The summed E-state index contributed by atoms with van der Waals surface area (Å²) in [5, 5.41) is 0. The molecule has 0 aliphatic heterocycles. The molecule has 0 radical (unpaired) electrons. The number of likely N-dealkylation sites (N-methyl/N-ethyl adjacent to an activating group) is 1. The van der Waals surface area contributed by atoms with Crippen molar-refractivity contribution in [3.8, 4) is 0 Å². The lowest BCUT2D eigenvalue weighted by Gasteiger charge is -2.23. The Morgan fingerprint density at radius 3 is 2.44 bits per heavy atom. The molecule has 100 valence electrons. The monoisotopic (exact) mass is 271 g/mol. The van der Waals surface area contributed by atoms with Crippen LogP contribution in [0.4, 0.5) is 5.69 Å². The SMILES string of the molecule is CCN(CC(=O)OC)c1ccccc1S(C)(=O)=O. The molecule has 0 bridgehead atoms. The third-order valence-corrected chi connectivity index (χ3v) is 3.68. The number of sulfone groups is 1. The summed E-state index contributed by atoms with van der Waals surface area (Å²) in [4.78, 5) is 13.2. The van der Waals surface area contributed by atoms with E-state index in [0.29, 0.717) is 12.2 Å². The molecule has 0 unspecified atom stereocenters. The third-order valence-electron chi connectivity index (χ3n) is 2.53. The standard InChI is InChI=1S/C12H17NO4S/c1-4-13(9-12(14)17-2)10-7-5-6-8-11(10)18(3,15)16/h5-8H,4,9H2,1-3H3. The summed E-state index contributed by atoms with van der Waals surface area (Å²) < 4.78 is 28.0. The first-order valence-electron chi connectivity index (χ1n) is 5.51. The maximum Gasteiger partial charge on any atom is 0.325 e. The molecule has 5 nitrogen and oxygen atoms in total. The molecule has 0 aliphatic carbocycles. The first kappa shape index (κ1) is 14.5. The van der Waals surface area contributed by atoms with E-state index in [-0.39, 0.29) is 11.4 Å². The summed E-state index contributed by atoms with van der Waals surface area (Å²) in [5.74, 6) is -0.403. The molecule has 0 amide bonds. The number of carbonyl (C=O) groups excluding carboxylic acids is 1. The van der Waals surface area contributed by atoms with Crippen LogP contribution in [0.3, 0.4) is 0 Å². The second-order valence-corrected chi connectivity index (χ2v) is 5.81. The number of benzene rings is 1. The number of hydrogen-bond donors (Lipinski definition) is 0. The minimum Gasteiger partial charge on any atom is -0.468 e. The van der Waals surface area contributed by atoms with Gasteiger partial charge in [0.1, 0.15) is 6.54 Å². The van der Waals surface area contributed by atoms with Crippen molar-refractivity contribution in [3.05, 3.63) is 24.3 Å². The highest BCUT2D eigenvalue weighted by Crippen LogP contribution is 2.24. The van der Waals surface area contributed by atoms with E-state index in [1.54, 1.807) is 23.1 Å². The van der Waals surface area contributed by atoms with Crippen LogP contribution in [-0.2, 0) is 19.4 Å². The van der Waals surface area contributed by atoms with Crippen LogP contribution in [0.15, 0.2) is 29.2 Å². The first-order chi connectivity index (χ1) is 8.40. The van der Waals surface area contributed by atoms with E-state index in [0.717, 1.165) is 6.26 Å². The van der Waals surface area contributed by atoms with Gasteiger partial charge in [-0.1, -0.05) is 12.1 Å². The Balaban J connectivity index is 3.18. The Bertz CT molecular complexity index is 525. The van der Waals surface area contributed by atoms with E-state index in [4.69, 9.17) is 0 Å². The number of methoxy groups -OCH3 is 1. The molecule has 0 fully saturated rings. The predicted molar refractivity (Wildman–Crippen MR) is 69.5 cm³/mol. The summed E-state index contributed by atoms with van der Waals surface area (Å²) >= 11 is 0. The number of carbonyl (C=O) groups is 1. The molecule has 1 aromatic carbocycles. The summed E-state index contributed by atoms with van der Waals surface area (Å²) in [6.45, 7) is 2.39. The van der Waals surface area contributed by atoms with Crippen molar-refractivity contribution >= 4 is 21.5 Å². The second kappa shape index (κ2) is 5.86. The minimum atomic E-state index is -3.32. The summed E-state index contributed by atoms with van der Waals surface area (Å²) in [6.07, 6.45) is 1.15. The van der Waals surface area contributed by atoms with Crippen LogP contribution in [0.25, 0.3) is 0 Å². The fourth-order valence-corrected chi connectivity index (χ4v) is 2.52. The molecule has 1 rings (SSSR count). The van der Waals surface area contributed by atoms with Gasteiger partial charge in [0, 0.05) is 12.8 Å².